The van der Waals surface area contributed by atoms with E-state index < -0.39 is 0 Å². The van der Waals surface area contributed by atoms with Gasteiger partial charge in [0.05, 0.1) is 0 Å². The van der Waals surface area contributed by atoms with E-state index in [9.17, 15) is 0 Å². The SMILES string of the molecule is CNCC1CCCCC1C1CCSC1. The first-order valence-corrected chi connectivity index (χ1v) is 7.29. The van der Waals surface area contributed by atoms with Crippen LogP contribution >= 0.6 is 11.8 Å². The van der Waals surface area contributed by atoms with Crippen molar-refractivity contribution >= 4 is 11.8 Å². The molecule has 82 valence electrons. The second kappa shape index (κ2) is 5.41. The van der Waals surface area contributed by atoms with E-state index in [2.05, 4.69) is 24.1 Å². The minimum absolute atomic E-state index is 0.984. The first kappa shape index (κ1) is 10.8. The van der Waals surface area contributed by atoms with Gasteiger partial charge in [-0.1, -0.05) is 12.8 Å². The van der Waals surface area contributed by atoms with Crippen molar-refractivity contribution in [1.82, 2.24) is 5.32 Å². The van der Waals surface area contributed by atoms with Crippen molar-refractivity contribution in [2.24, 2.45) is 17.8 Å². The monoisotopic (exact) mass is 213 g/mol. The Morgan fingerprint density at radius 1 is 1.21 bits per heavy atom. The smallest absolute Gasteiger partial charge is 0.00208 e. The van der Waals surface area contributed by atoms with E-state index in [0.717, 1.165) is 17.8 Å². The minimum atomic E-state index is 0.984. The molecule has 3 atom stereocenters. The third-order valence-corrected chi connectivity index (χ3v) is 5.19. The number of hydrogen-bond acceptors (Lipinski definition) is 2. The third kappa shape index (κ3) is 2.46. The molecule has 1 heterocycles. The highest BCUT2D eigenvalue weighted by atomic mass is 32.2. The molecule has 2 fully saturated rings. The molecule has 1 saturated heterocycles. The van der Waals surface area contributed by atoms with Gasteiger partial charge in [0.2, 0.25) is 0 Å². The second-order valence-corrected chi connectivity index (χ2v) is 6.04. The molecule has 0 spiro atoms. The fourth-order valence-electron chi connectivity index (χ4n) is 3.26. The zero-order valence-electron chi connectivity index (χ0n) is 9.30. The molecule has 0 bridgehead atoms. The Labute approximate surface area is 92.4 Å². The normalized spacial score (nSPS) is 38.8. The quantitative estimate of drug-likeness (QED) is 0.773. The summed E-state index contributed by atoms with van der Waals surface area (Å²) in [5, 5.41) is 3.38. The molecule has 0 aromatic heterocycles. The number of hydrogen-bond donors (Lipinski definition) is 1. The molecule has 2 rings (SSSR count). The first-order chi connectivity index (χ1) is 6.92. The van der Waals surface area contributed by atoms with Crippen LogP contribution in [0.5, 0.6) is 0 Å². The fraction of sp³-hybridized carbons (Fsp3) is 1.00. The van der Waals surface area contributed by atoms with E-state index in [1.165, 1.54) is 50.2 Å². The van der Waals surface area contributed by atoms with Crippen molar-refractivity contribution in [3.63, 3.8) is 0 Å². The largest absolute Gasteiger partial charge is 0.319 e. The van der Waals surface area contributed by atoms with Crippen LogP contribution in [0.3, 0.4) is 0 Å². The van der Waals surface area contributed by atoms with Crippen LogP contribution in [0.15, 0.2) is 0 Å². The van der Waals surface area contributed by atoms with Crippen LogP contribution in [-0.2, 0) is 0 Å². The summed E-state index contributed by atoms with van der Waals surface area (Å²) in [6.45, 7) is 1.26. The Morgan fingerprint density at radius 3 is 2.79 bits per heavy atom. The first-order valence-electron chi connectivity index (χ1n) is 6.14. The Hall–Kier alpha value is 0.310. The minimum Gasteiger partial charge on any atom is -0.319 e. The molecular weight excluding hydrogens is 190 g/mol. The van der Waals surface area contributed by atoms with Crippen molar-refractivity contribution < 1.29 is 0 Å². The highest BCUT2D eigenvalue weighted by molar-refractivity contribution is 7.99. The number of nitrogens with one attached hydrogen (secondary N) is 1. The van der Waals surface area contributed by atoms with Crippen LogP contribution in [0, 0.1) is 17.8 Å². The van der Waals surface area contributed by atoms with Gasteiger partial charge >= 0.3 is 0 Å². The van der Waals surface area contributed by atoms with Crippen molar-refractivity contribution in [2.45, 2.75) is 32.1 Å². The highest BCUT2D eigenvalue weighted by Gasteiger charge is 2.32. The molecule has 14 heavy (non-hydrogen) atoms. The summed E-state index contributed by atoms with van der Waals surface area (Å²) in [4.78, 5) is 0. The van der Waals surface area contributed by atoms with Crippen LogP contribution in [0.4, 0.5) is 0 Å². The lowest BCUT2D eigenvalue weighted by Crippen LogP contribution is -2.33. The van der Waals surface area contributed by atoms with Gasteiger partial charge in [-0.25, -0.2) is 0 Å². The van der Waals surface area contributed by atoms with Crippen molar-refractivity contribution in [3.05, 3.63) is 0 Å². The molecule has 0 aromatic rings. The lowest BCUT2D eigenvalue weighted by atomic mass is 9.72. The predicted molar refractivity (Wildman–Crippen MR) is 64.8 cm³/mol. The summed E-state index contributed by atoms with van der Waals surface area (Å²) in [6, 6.07) is 0. The summed E-state index contributed by atoms with van der Waals surface area (Å²) in [6.07, 6.45) is 7.45. The molecule has 1 N–H and O–H groups in total. The van der Waals surface area contributed by atoms with Crippen LogP contribution in [0.25, 0.3) is 0 Å². The molecular formula is C12H23NS. The van der Waals surface area contributed by atoms with E-state index in [-0.39, 0.29) is 0 Å². The summed E-state index contributed by atoms with van der Waals surface area (Å²) in [7, 11) is 2.11. The molecule has 0 aromatic carbocycles. The van der Waals surface area contributed by atoms with E-state index in [1.807, 2.05) is 0 Å². The standard InChI is InChI=1S/C12H23NS/c1-13-8-10-4-2-3-5-12(10)11-6-7-14-9-11/h10-13H,2-9H2,1H3. The molecule has 1 aliphatic carbocycles. The molecule has 1 nitrogen and oxygen atoms in total. The Bertz CT molecular complexity index is 164. The third-order valence-electron chi connectivity index (χ3n) is 4.00. The second-order valence-electron chi connectivity index (χ2n) is 4.89. The van der Waals surface area contributed by atoms with E-state index in [0.29, 0.717) is 0 Å². The zero-order chi connectivity index (χ0) is 9.80. The van der Waals surface area contributed by atoms with Gasteiger partial charge in [0.15, 0.2) is 0 Å². The van der Waals surface area contributed by atoms with Gasteiger partial charge < -0.3 is 5.32 Å². The molecule has 3 unspecified atom stereocenters. The van der Waals surface area contributed by atoms with Crippen molar-refractivity contribution in [2.75, 3.05) is 25.1 Å². The van der Waals surface area contributed by atoms with Crippen LogP contribution < -0.4 is 5.32 Å². The van der Waals surface area contributed by atoms with Crippen LogP contribution in [0.1, 0.15) is 32.1 Å². The van der Waals surface area contributed by atoms with E-state index >= 15 is 0 Å². The topological polar surface area (TPSA) is 12.0 Å². The molecule has 1 aliphatic heterocycles. The Balaban J connectivity index is 1.91. The molecule has 0 amide bonds. The van der Waals surface area contributed by atoms with E-state index in [1.54, 1.807) is 0 Å². The average molecular weight is 213 g/mol. The van der Waals surface area contributed by atoms with Gasteiger partial charge in [-0.2, -0.15) is 11.8 Å². The molecule has 0 radical (unpaired) electrons. The molecule has 2 aliphatic rings. The lowest BCUT2D eigenvalue weighted by molar-refractivity contribution is 0.172. The zero-order valence-corrected chi connectivity index (χ0v) is 10.1. The van der Waals surface area contributed by atoms with Gasteiger partial charge in [0.1, 0.15) is 0 Å². The number of rotatable bonds is 3. The predicted octanol–water partition coefficient (Wildman–Crippen LogP) is 2.77. The van der Waals surface area contributed by atoms with E-state index in [4.69, 9.17) is 0 Å². The summed E-state index contributed by atoms with van der Waals surface area (Å²) in [5.41, 5.74) is 0. The maximum absolute atomic E-state index is 3.38. The fourth-order valence-corrected chi connectivity index (χ4v) is 4.62. The van der Waals surface area contributed by atoms with Gasteiger partial charge in [-0.15, -0.1) is 0 Å². The summed E-state index contributed by atoms with van der Waals surface area (Å²) in [5.74, 6) is 5.96. The summed E-state index contributed by atoms with van der Waals surface area (Å²) >= 11 is 2.18. The Kier molecular flexibility index (Phi) is 4.18. The van der Waals surface area contributed by atoms with Gasteiger partial charge in [0.25, 0.3) is 0 Å². The van der Waals surface area contributed by atoms with Gasteiger partial charge in [-0.05, 0) is 62.1 Å². The lowest BCUT2D eigenvalue weighted by Gasteiger charge is -2.35. The highest BCUT2D eigenvalue weighted by Crippen LogP contribution is 2.40. The Morgan fingerprint density at radius 2 is 2.07 bits per heavy atom. The number of thioether (sulfide) groups is 1. The van der Waals surface area contributed by atoms with Gasteiger partial charge in [-0.3, -0.25) is 0 Å². The average Bonchev–Trinajstić information content (AvgIpc) is 2.72. The molecule has 2 heteroatoms. The van der Waals surface area contributed by atoms with Crippen molar-refractivity contribution in [3.8, 4) is 0 Å². The summed E-state index contributed by atoms with van der Waals surface area (Å²) < 4.78 is 0. The van der Waals surface area contributed by atoms with Gasteiger partial charge in [0, 0.05) is 0 Å². The maximum atomic E-state index is 3.38. The van der Waals surface area contributed by atoms with Crippen LogP contribution in [-0.4, -0.2) is 25.1 Å². The van der Waals surface area contributed by atoms with Crippen molar-refractivity contribution in [1.29, 1.82) is 0 Å². The molecule has 1 saturated carbocycles. The van der Waals surface area contributed by atoms with Crippen LogP contribution in [0.2, 0.25) is 0 Å². The maximum Gasteiger partial charge on any atom is -0.00208 e.